The molecule has 4 rings (SSSR count). The summed E-state index contributed by atoms with van der Waals surface area (Å²) in [6.07, 6.45) is 0. The zero-order valence-corrected chi connectivity index (χ0v) is 17.3. The van der Waals surface area contributed by atoms with Crippen LogP contribution in [0, 0.1) is 0 Å². The molecule has 0 aliphatic carbocycles. The number of ether oxygens (including phenoxy) is 2. The molecule has 0 saturated carbocycles. The first-order valence-corrected chi connectivity index (χ1v) is 9.56. The summed E-state index contributed by atoms with van der Waals surface area (Å²) >= 11 is 12.7. The molecule has 0 fully saturated rings. The molecule has 0 atom stereocenters. The number of aromatic nitrogens is 2. The molecule has 1 N–H and O–H groups in total. The smallest absolute Gasteiger partial charge is 0.163 e. The number of para-hydroxylation sites is 1. The van der Waals surface area contributed by atoms with E-state index in [0.29, 0.717) is 38.9 Å². The second-order valence-corrected chi connectivity index (χ2v) is 7.02. The van der Waals surface area contributed by atoms with Gasteiger partial charge in [-0.1, -0.05) is 47.5 Å². The molecule has 7 heteroatoms. The van der Waals surface area contributed by atoms with Crippen LogP contribution in [0.3, 0.4) is 0 Å². The van der Waals surface area contributed by atoms with E-state index in [4.69, 9.17) is 37.7 Å². The lowest BCUT2D eigenvalue weighted by Crippen LogP contribution is -2.01. The molecule has 1 heterocycles. The highest BCUT2D eigenvalue weighted by atomic mass is 35.5. The molecule has 3 aromatic carbocycles. The number of nitrogens with one attached hydrogen (secondary N) is 1. The van der Waals surface area contributed by atoms with E-state index < -0.39 is 0 Å². The van der Waals surface area contributed by atoms with Gasteiger partial charge in [0.25, 0.3) is 0 Å². The van der Waals surface area contributed by atoms with E-state index in [1.165, 1.54) is 0 Å². The number of rotatable bonds is 5. The highest BCUT2D eigenvalue weighted by molar-refractivity contribution is 6.33. The number of methoxy groups -OCH3 is 2. The summed E-state index contributed by atoms with van der Waals surface area (Å²) in [5, 5.41) is 5.23. The van der Waals surface area contributed by atoms with Gasteiger partial charge < -0.3 is 14.8 Å². The van der Waals surface area contributed by atoms with Crippen LogP contribution in [-0.2, 0) is 0 Å². The average molecular weight is 426 g/mol. The molecule has 146 valence electrons. The second-order valence-electron chi connectivity index (χ2n) is 6.20. The van der Waals surface area contributed by atoms with Crippen LogP contribution in [-0.4, -0.2) is 24.2 Å². The average Bonchev–Trinajstić information content (AvgIpc) is 2.74. The first-order valence-electron chi connectivity index (χ1n) is 8.81. The SMILES string of the molecule is COc1cc(OC)c(Nc2nc(-c3ccccc3Cl)nc3ccccc23)cc1Cl. The van der Waals surface area contributed by atoms with Crippen LogP contribution in [0.15, 0.2) is 60.7 Å². The Bertz CT molecular complexity index is 1200. The minimum absolute atomic E-state index is 0.459. The third-order valence-corrected chi connectivity index (χ3v) is 5.07. The summed E-state index contributed by atoms with van der Waals surface area (Å²) in [4.78, 5) is 9.42. The molecular formula is C22H17Cl2N3O2. The third-order valence-electron chi connectivity index (χ3n) is 4.44. The maximum atomic E-state index is 6.37. The van der Waals surface area contributed by atoms with Gasteiger partial charge in [-0.25, -0.2) is 9.97 Å². The number of hydrogen-bond donors (Lipinski definition) is 1. The Kier molecular flexibility index (Phi) is 5.43. The van der Waals surface area contributed by atoms with E-state index >= 15 is 0 Å². The van der Waals surface area contributed by atoms with Crippen molar-refractivity contribution in [3.63, 3.8) is 0 Å². The van der Waals surface area contributed by atoms with Gasteiger partial charge in [0.15, 0.2) is 5.82 Å². The van der Waals surface area contributed by atoms with Gasteiger partial charge in [-0.3, -0.25) is 0 Å². The molecule has 0 spiro atoms. The van der Waals surface area contributed by atoms with Gasteiger partial charge in [-0.2, -0.15) is 0 Å². The van der Waals surface area contributed by atoms with Gasteiger partial charge in [-0.15, -0.1) is 0 Å². The van der Waals surface area contributed by atoms with Crippen molar-refractivity contribution in [1.82, 2.24) is 9.97 Å². The Hall–Kier alpha value is -3.02. The van der Waals surface area contributed by atoms with E-state index in [0.717, 1.165) is 16.5 Å². The lowest BCUT2D eigenvalue weighted by atomic mass is 10.1. The minimum atomic E-state index is 0.459. The van der Waals surface area contributed by atoms with Crippen LogP contribution in [0.1, 0.15) is 0 Å². The van der Waals surface area contributed by atoms with Crippen molar-refractivity contribution >= 4 is 45.6 Å². The molecule has 0 aliphatic rings. The summed E-state index contributed by atoms with van der Waals surface area (Å²) in [6, 6.07) is 18.7. The fraction of sp³-hybridized carbons (Fsp3) is 0.0909. The largest absolute Gasteiger partial charge is 0.495 e. The van der Waals surface area contributed by atoms with Crippen molar-refractivity contribution < 1.29 is 9.47 Å². The van der Waals surface area contributed by atoms with Crippen LogP contribution in [0.4, 0.5) is 11.5 Å². The topological polar surface area (TPSA) is 56.3 Å². The predicted octanol–water partition coefficient (Wildman–Crippen LogP) is 6.36. The van der Waals surface area contributed by atoms with Gasteiger partial charge in [0.1, 0.15) is 17.3 Å². The first-order chi connectivity index (χ1) is 14.1. The number of fused-ring (bicyclic) bond motifs is 1. The zero-order valence-electron chi connectivity index (χ0n) is 15.7. The monoisotopic (exact) mass is 425 g/mol. The van der Waals surface area contributed by atoms with Crippen LogP contribution in [0.25, 0.3) is 22.3 Å². The van der Waals surface area contributed by atoms with Crippen molar-refractivity contribution in [2.24, 2.45) is 0 Å². The van der Waals surface area contributed by atoms with Gasteiger partial charge >= 0.3 is 0 Å². The third kappa shape index (κ3) is 3.79. The maximum absolute atomic E-state index is 6.37. The summed E-state index contributed by atoms with van der Waals surface area (Å²) < 4.78 is 10.8. The van der Waals surface area contributed by atoms with Crippen molar-refractivity contribution in [2.45, 2.75) is 0 Å². The minimum Gasteiger partial charge on any atom is -0.495 e. The summed E-state index contributed by atoms with van der Waals surface area (Å²) in [6.45, 7) is 0. The van der Waals surface area contributed by atoms with Crippen molar-refractivity contribution in [3.05, 3.63) is 70.7 Å². The lowest BCUT2D eigenvalue weighted by molar-refractivity contribution is 0.396. The molecule has 0 amide bonds. The van der Waals surface area contributed by atoms with E-state index in [2.05, 4.69) is 10.3 Å². The molecule has 0 bridgehead atoms. The summed E-state index contributed by atoms with van der Waals surface area (Å²) in [5.41, 5.74) is 2.20. The lowest BCUT2D eigenvalue weighted by Gasteiger charge is -2.15. The highest BCUT2D eigenvalue weighted by Gasteiger charge is 2.15. The van der Waals surface area contributed by atoms with Crippen LogP contribution in [0.5, 0.6) is 11.5 Å². The van der Waals surface area contributed by atoms with E-state index in [-0.39, 0.29) is 0 Å². The van der Waals surface area contributed by atoms with Crippen LogP contribution >= 0.6 is 23.2 Å². The normalized spacial score (nSPS) is 10.8. The van der Waals surface area contributed by atoms with Crippen molar-refractivity contribution in [3.8, 4) is 22.9 Å². The Balaban J connectivity index is 1.88. The number of anilines is 2. The van der Waals surface area contributed by atoms with Gasteiger partial charge in [0.05, 0.1) is 35.5 Å². The predicted molar refractivity (Wildman–Crippen MR) is 118 cm³/mol. The van der Waals surface area contributed by atoms with Crippen molar-refractivity contribution in [2.75, 3.05) is 19.5 Å². The molecule has 0 aliphatic heterocycles. The Morgan fingerprint density at radius 1 is 0.793 bits per heavy atom. The van der Waals surface area contributed by atoms with Crippen LogP contribution in [0.2, 0.25) is 10.0 Å². The Labute approximate surface area is 178 Å². The second kappa shape index (κ2) is 8.15. The molecule has 1 aromatic heterocycles. The maximum Gasteiger partial charge on any atom is 0.163 e. The molecule has 0 radical (unpaired) electrons. The van der Waals surface area contributed by atoms with Crippen LogP contribution < -0.4 is 14.8 Å². The van der Waals surface area contributed by atoms with Gasteiger partial charge in [0, 0.05) is 17.0 Å². The summed E-state index contributed by atoms with van der Waals surface area (Å²) in [5.74, 6) is 2.24. The van der Waals surface area contributed by atoms with E-state index in [9.17, 15) is 0 Å². The molecule has 4 aromatic rings. The Morgan fingerprint density at radius 3 is 2.28 bits per heavy atom. The van der Waals surface area contributed by atoms with Crippen molar-refractivity contribution in [1.29, 1.82) is 0 Å². The number of benzene rings is 3. The number of halogens is 2. The fourth-order valence-electron chi connectivity index (χ4n) is 3.02. The number of nitrogens with zero attached hydrogens (tertiary/aromatic N) is 2. The Morgan fingerprint density at radius 2 is 1.52 bits per heavy atom. The van der Waals surface area contributed by atoms with E-state index in [1.807, 2.05) is 48.5 Å². The highest BCUT2D eigenvalue weighted by Crippen LogP contribution is 2.38. The standard InChI is InChI=1S/C22H17Cl2N3O2/c1-28-19-12-20(29-2)18(11-16(19)24)26-22-14-8-4-6-10-17(14)25-21(27-22)13-7-3-5-9-15(13)23/h3-12H,1-2H3,(H,25,26,27). The summed E-state index contributed by atoms with van der Waals surface area (Å²) in [7, 11) is 3.14. The first kappa shape index (κ1) is 19.3. The fourth-order valence-corrected chi connectivity index (χ4v) is 3.48. The molecular weight excluding hydrogens is 409 g/mol. The number of hydrogen-bond acceptors (Lipinski definition) is 5. The molecule has 29 heavy (non-hydrogen) atoms. The molecule has 0 unspecified atom stereocenters. The van der Waals surface area contributed by atoms with Gasteiger partial charge in [-0.05, 0) is 30.3 Å². The quantitative estimate of drug-likeness (QED) is 0.402. The van der Waals surface area contributed by atoms with E-state index in [1.54, 1.807) is 26.4 Å². The molecule has 0 saturated heterocycles. The van der Waals surface area contributed by atoms with Gasteiger partial charge in [0.2, 0.25) is 0 Å². The molecule has 5 nitrogen and oxygen atoms in total. The zero-order chi connectivity index (χ0) is 20.4.